The van der Waals surface area contributed by atoms with E-state index in [9.17, 15) is 4.79 Å². The van der Waals surface area contributed by atoms with Crippen molar-refractivity contribution in [2.45, 2.75) is 46.6 Å². The molecule has 0 aliphatic heterocycles. The van der Waals surface area contributed by atoms with Crippen LogP contribution in [0.25, 0.3) is 10.4 Å². The summed E-state index contributed by atoms with van der Waals surface area (Å²) in [6.45, 7) is 6.79. The second-order valence-electron chi connectivity index (χ2n) is 6.97. The van der Waals surface area contributed by atoms with Crippen LogP contribution in [0.2, 0.25) is 0 Å². The quantitative estimate of drug-likeness (QED) is 0.842. The molecular formula is C19H23NOS. The highest BCUT2D eigenvalue weighted by atomic mass is 32.1. The maximum atomic E-state index is 12.4. The fourth-order valence-corrected chi connectivity index (χ4v) is 4.83. The van der Waals surface area contributed by atoms with E-state index in [0.717, 1.165) is 34.4 Å². The third-order valence-electron chi connectivity index (χ3n) is 4.61. The van der Waals surface area contributed by atoms with E-state index in [4.69, 9.17) is 5.73 Å². The number of fused-ring (bicyclic) bond motifs is 1. The Balaban J connectivity index is 2.21. The number of aryl methyl sites for hydroxylation is 1. The molecule has 1 aromatic carbocycles. The number of carbonyl (C=O) groups is 1. The lowest BCUT2D eigenvalue weighted by atomic mass is 9.75. The lowest BCUT2D eigenvalue weighted by Crippen LogP contribution is -2.22. The summed E-state index contributed by atoms with van der Waals surface area (Å²) in [5.41, 5.74) is 10.7. The van der Waals surface area contributed by atoms with E-state index >= 15 is 0 Å². The Labute approximate surface area is 136 Å². The third-order valence-corrected chi connectivity index (χ3v) is 5.93. The highest BCUT2D eigenvalue weighted by molar-refractivity contribution is 7.16. The van der Waals surface area contributed by atoms with Gasteiger partial charge in [-0.05, 0) is 48.3 Å². The predicted molar refractivity (Wildman–Crippen MR) is 93.5 cm³/mol. The molecule has 0 fully saturated rings. The van der Waals surface area contributed by atoms with Crippen molar-refractivity contribution in [3.8, 4) is 10.4 Å². The molecule has 0 spiro atoms. The first-order valence-electron chi connectivity index (χ1n) is 7.87. The number of rotatable bonds is 3. The normalized spacial score (nSPS) is 16.4. The van der Waals surface area contributed by atoms with Crippen molar-refractivity contribution in [3.05, 3.63) is 45.8 Å². The molecule has 0 bridgehead atoms. The van der Waals surface area contributed by atoms with Crippen LogP contribution in [0.15, 0.2) is 24.3 Å². The number of hydrogen-bond acceptors (Lipinski definition) is 3. The Bertz CT molecular complexity index is 727. The second-order valence-corrected chi connectivity index (χ2v) is 8.07. The van der Waals surface area contributed by atoms with Crippen LogP contribution in [0.3, 0.4) is 0 Å². The largest absolute Gasteiger partial charge is 0.326 e. The molecule has 2 aromatic rings. The van der Waals surface area contributed by atoms with Gasteiger partial charge in [0, 0.05) is 21.9 Å². The maximum Gasteiger partial charge on any atom is 0.161 e. The topological polar surface area (TPSA) is 43.1 Å². The summed E-state index contributed by atoms with van der Waals surface area (Å²) >= 11 is 1.80. The Morgan fingerprint density at radius 3 is 2.73 bits per heavy atom. The summed E-state index contributed by atoms with van der Waals surface area (Å²) in [6.07, 6.45) is 3.27. The molecule has 22 heavy (non-hydrogen) atoms. The highest BCUT2D eigenvalue weighted by Crippen LogP contribution is 2.45. The lowest BCUT2D eigenvalue weighted by molar-refractivity contribution is 0.101. The van der Waals surface area contributed by atoms with Crippen LogP contribution in [0.4, 0.5) is 0 Å². The number of thiophene rings is 1. The van der Waals surface area contributed by atoms with Crippen LogP contribution in [-0.4, -0.2) is 5.78 Å². The van der Waals surface area contributed by atoms with Gasteiger partial charge in [-0.15, -0.1) is 11.3 Å². The molecule has 0 radical (unpaired) electrons. The molecule has 116 valence electrons. The van der Waals surface area contributed by atoms with Crippen LogP contribution in [0.1, 0.15) is 53.6 Å². The molecular weight excluding hydrogens is 290 g/mol. The second kappa shape index (κ2) is 5.64. The van der Waals surface area contributed by atoms with Gasteiger partial charge in [0.15, 0.2) is 5.78 Å². The van der Waals surface area contributed by atoms with Crippen molar-refractivity contribution in [3.63, 3.8) is 0 Å². The number of Topliss-reactive ketones (excluding diaryl/α,β-unsaturated/α-hetero) is 1. The van der Waals surface area contributed by atoms with Gasteiger partial charge in [0.2, 0.25) is 0 Å². The first-order valence-corrected chi connectivity index (χ1v) is 8.68. The minimum Gasteiger partial charge on any atom is -0.326 e. The molecule has 0 unspecified atom stereocenters. The molecule has 0 amide bonds. The maximum absolute atomic E-state index is 12.4. The van der Waals surface area contributed by atoms with Gasteiger partial charge in [-0.1, -0.05) is 38.1 Å². The molecule has 3 heteroatoms. The van der Waals surface area contributed by atoms with E-state index in [1.807, 2.05) is 12.1 Å². The van der Waals surface area contributed by atoms with Gasteiger partial charge < -0.3 is 5.73 Å². The monoisotopic (exact) mass is 313 g/mol. The molecule has 0 atom stereocenters. The number of carbonyl (C=O) groups excluding carboxylic acids is 1. The first-order chi connectivity index (χ1) is 10.4. The molecule has 1 aliphatic rings. The van der Waals surface area contributed by atoms with E-state index < -0.39 is 0 Å². The minimum atomic E-state index is 0.178. The lowest BCUT2D eigenvalue weighted by Gasteiger charge is -2.29. The van der Waals surface area contributed by atoms with E-state index in [1.54, 1.807) is 18.3 Å². The number of hydrogen-bond donors (Lipinski definition) is 1. The third kappa shape index (κ3) is 2.64. The first kappa shape index (κ1) is 15.4. The molecule has 3 rings (SSSR count). The Hall–Kier alpha value is -1.45. The van der Waals surface area contributed by atoms with Gasteiger partial charge in [0.1, 0.15) is 0 Å². The van der Waals surface area contributed by atoms with Crippen molar-refractivity contribution in [1.82, 2.24) is 0 Å². The SMILES string of the molecule is CC(=O)c1c(-c2ccccc2CN)sc2c1CC(C)(C)CC2. The Morgan fingerprint density at radius 2 is 2.05 bits per heavy atom. The van der Waals surface area contributed by atoms with Crippen LogP contribution in [-0.2, 0) is 19.4 Å². The van der Waals surface area contributed by atoms with Crippen molar-refractivity contribution >= 4 is 17.1 Å². The van der Waals surface area contributed by atoms with Crippen molar-refractivity contribution in [2.24, 2.45) is 11.1 Å². The number of ketones is 1. The zero-order valence-corrected chi connectivity index (χ0v) is 14.3. The Kier molecular flexibility index (Phi) is 3.96. The van der Waals surface area contributed by atoms with Crippen molar-refractivity contribution in [1.29, 1.82) is 0 Å². The molecule has 0 saturated heterocycles. The van der Waals surface area contributed by atoms with Gasteiger partial charge in [0.25, 0.3) is 0 Å². The van der Waals surface area contributed by atoms with Crippen LogP contribution in [0.5, 0.6) is 0 Å². The average Bonchev–Trinajstić information content (AvgIpc) is 2.84. The zero-order chi connectivity index (χ0) is 15.9. The predicted octanol–water partition coefficient (Wildman–Crippen LogP) is 4.59. The molecule has 0 saturated carbocycles. The van der Waals surface area contributed by atoms with E-state index in [-0.39, 0.29) is 11.2 Å². The fraction of sp³-hybridized carbons (Fsp3) is 0.421. The van der Waals surface area contributed by atoms with Crippen molar-refractivity contribution in [2.75, 3.05) is 0 Å². The molecule has 2 N–H and O–H groups in total. The summed E-state index contributed by atoms with van der Waals surface area (Å²) in [5.74, 6) is 0.178. The van der Waals surface area contributed by atoms with E-state index in [0.29, 0.717) is 6.54 Å². The average molecular weight is 313 g/mol. The van der Waals surface area contributed by atoms with Crippen LogP contribution >= 0.6 is 11.3 Å². The Morgan fingerprint density at radius 1 is 1.32 bits per heavy atom. The summed E-state index contributed by atoms with van der Waals surface area (Å²) in [5, 5.41) is 0. The van der Waals surface area contributed by atoms with Crippen molar-refractivity contribution < 1.29 is 4.79 Å². The summed E-state index contributed by atoms with van der Waals surface area (Å²) < 4.78 is 0. The van der Waals surface area contributed by atoms with Gasteiger partial charge in [0.05, 0.1) is 0 Å². The summed E-state index contributed by atoms with van der Waals surface area (Å²) in [6, 6.07) is 8.19. The summed E-state index contributed by atoms with van der Waals surface area (Å²) in [7, 11) is 0. The van der Waals surface area contributed by atoms with E-state index in [1.165, 1.54) is 16.9 Å². The van der Waals surface area contributed by atoms with E-state index in [2.05, 4.69) is 26.0 Å². The molecule has 1 aliphatic carbocycles. The van der Waals surface area contributed by atoms with Crippen LogP contribution < -0.4 is 5.73 Å². The van der Waals surface area contributed by atoms with Gasteiger partial charge in [-0.3, -0.25) is 4.79 Å². The van der Waals surface area contributed by atoms with Gasteiger partial charge in [-0.25, -0.2) is 0 Å². The summed E-state index contributed by atoms with van der Waals surface area (Å²) in [4.78, 5) is 14.9. The van der Waals surface area contributed by atoms with Gasteiger partial charge in [-0.2, -0.15) is 0 Å². The fourth-order valence-electron chi connectivity index (χ4n) is 3.40. The number of nitrogens with two attached hydrogens (primary N) is 1. The number of benzene rings is 1. The molecule has 1 aromatic heterocycles. The molecule has 1 heterocycles. The zero-order valence-electron chi connectivity index (χ0n) is 13.5. The smallest absolute Gasteiger partial charge is 0.161 e. The molecule has 2 nitrogen and oxygen atoms in total. The minimum absolute atomic E-state index is 0.178. The van der Waals surface area contributed by atoms with Crippen LogP contribution in [0, 0.1) is 5.41 Å². The standard InChI is InChI=1S/C19H23NOS/c1-12(21)17-15-10-19(2,3)9-8-16(15)22-18(17)14-7-5-4-6-13(14)11-20/h4-7H,8-11,20H2,1-3H3. The highest BCUT2D eigenvalue weighted by Gasteiger charge is 2.32. The van der Waals surface area contributed by atoms with Gasteiger partial charge >= 0.3 is 0 Å².